The Morgan fingerprint density at radius 2 is 1.82 bits per heavy atom. The zero-order valence-electron chi connectivity index (χ0n) is 12.1. The summed E-state index contributed by atoms with van der Waals surface area (Å²) in [4.78, 5) is 8.36. The first-order valence-electron chi connectivity index (χ1n) is 6.95. The van der Waals surface area contributed by atoms with E-state index < -0.39 is 0 Å². The van der Waals surface area contributed by atoms with Crippen LogP contribution in [0.2, 0.25) is 5.02 Å². The molecule has 0 saturated carbocycles. The fourth-order valence-corrected chi connectivity index (χ4v) is 2.40. The first-order chi connectivity index (χ1) is 10.7. The molecule has 22 heavy (non-hydrogen) atoms. The maximum atomic E-state index is 6.12. The van der Waals surface area contributed by atoms with E-state index in [1.54, 1.807) is 0 Å². The van der Waals surface area contributed by atoms with Crippen LogP contribution in [0.25, 0.3) is 10.9 Å². The van der Waals surface area contributed by atoms with Crippen LogP contribution in [0, 0.1) is 6.92 Å². The van der Waals surface area contributed by atoms with Crippen LogP contribution in [0.3, 0.4) is 0 Å². The minimum atomic E-state index is 0.380. The summed E-state index contributed by atoms with van der Waals surface area (Å²) in [6, 6.07) is 13.4. The van der Waals surface area contributed by atoms with E-state index in [-0.39, 0.29) is 0 Å². The molecule has 3 rings (SSSR count). The maximum absolute atomic E-state index is 6.12. The van der Waals surface area contributed by atoms with Gasteiger partial charge in [-0.1, -0.05) is 29.8 Å². The minimum Gasteiger partial charge on any atom is -0.488 e. The molecule has 0 radical (unpaired) electrons. The summed E-state index contributed by atoms with van der Waals surface area (Å²) in [7, 11) is 0. The number of fused-ring (bicyclic) bond motifs is 1. The van der Waals surface area contributed by atoms with Crippen molar-refractivity contribution in [3.05, 3.63) is 59.4 Å². The highest BCUT2D eigenvalue weighted by atomic mass is 35.5. The molecule has 5 heteroatoms. The van der Waals surface area contributed by atoms with Gasteiger partial charge in [-0.2, -0.15) is 0 Å². The molecule has 1 heterocycles. The van der Waals surface area contributed by atoms with E-state index in [1.165, 1.54) is 6.33 Å². The Morgan fingerprint density at radius 1 is 1.00 bits per heavy atom. The molecule has 112 valence electrons. The van der Waals surface area contributed by atoms with Crippen LogP contribution in [0.15, 0.2) is 48.8 Å². The van der Waals surface area contributed by atoms with Crippen LogP contribution >= 0.6 is 11.6 Å². The second-order valence-corrected chi connectivity index (χ2v) is 5.23. The van der Waals surface area contributed by atoms with Crippen LogP contribution in [0.1, 0.15) is 5.56 Å². The van der Waals surface area contributed by atoms with E-state index in [0.29, 0.717) is 29.9 Å². The van der Waals surface area contributed by atoms with Gasteiger partial charge in [0.15, 0.2) is 0 Å². The summed E-state index contributed by atoms with van der Waals surface area (Å²) in [5, 5.41) is 1.49. The Kier molecular flexibility index (Phi) is 4.39. The number of ether oxygens (including phenoxy) is 2. The number of nitrogens with zero attached hydrogens (tertiary/aromatic N) is 2. The van der Waals surface area contributed by atoms with Gasteiger partial charge in [-0.15, -0.1) is 0 Å². The molecule has 0 aliphatic rings. The van der Waals surface area contributed by atoms with Gasteiger partial charge in [0, 0.05) is 0 Å². The van der Waals surface area contributed by atoms with Gasteiger partial charge in [0.1, 0.15) is 25.3 Å². The molecule has 0 aliphatic carbocycles. The first-order valence-corrected chi connectivity index (χ1v) is 7.33. The van der Waals surface area contributed by atoms with Crippen molar-refractivity contribution in [2.24, 2.45) is 0 Å². The number of aromatic nitrogens is 2. The number of aryl methyl sites for hydroxylation is 1. The summed E-state index contributed by atoms with van der Waals surface area (Å²) in [6.45, 7) is 2.76. The molecule has 0 unspecified atom stereocenters. The molecule has 0 atom stereocenters. The van der Waals surface area contributed by atoms with Crippen molar-refractivity contribution in [2.75, 3.05) is 13.2 Å². The van der Waals surface area contributed by atoms with Crippen molar-refractivity contribution in [3.63, 3.8) is 0 Å². The molecule has 0 bridgehead atoms. The largest absolute Gasteiger partial charge is 0.488 e. The zero-order valence-corrected chi connectivity index (χ0v) is 12.9. The highest BCUT2D eigenvalue weighted by molar-refractivity contribution is 6.32. The van der Waals surface area contributed by atoms with Gasteiger partial charge in [0.25, 0.3) is 0 Å². The fourth-order valence-electron chi connectivity index (χ4n) is 2.11. The number of rotatable bonds is 5. The second kappa shape index (κ2) is 6.62. The molecule has 1 aromatic heterocycles. The lowest BCUT2D eigenvalue weighted by atomic mass is 10.2. The third kappa shape index (κ3) is 3.28. The lowest BCUT2D eigenvalue weighted by Crippen LogP contribution is -2.10. The lowest BCUT2D eigenvalue weighted by molar-refractivity contribution is 0.213. The van der Waals surface area contributed by atoms with Gasteiger partial charge in [-0.25, -0.2) is 9.97 Å². The molecule has 0 N–H and O–H groups in total. The Morgan fingerprint density at radius 3 is 2.68 bits per heavy atom. The van der Waals surface area contributed by atoms with Crippen molar-refractivity contribution in [3.8, 4) is 11.6 Å². The maximum Gasteiger partial charge on any atom is 0.224 e. The average molecular weight is 315 g/mol. The van der Waals surface area contributed by atoms with E-state index in [2.05, 4.69) is 9.97 Å². The smallest absolute Gasteiger partial charge is 0.224 e. The van der Waals surface area contributed by atoms with Crippen molar-refractivity contribution in [2.45, 2.75) is 6.92 Å². The highest BCUT2D eigenvalue weighted by Crippen LogP contribution is 2.25. The quantitative estimate of drug-likeness (QED) is 0.666. The highest BCUT2D eigenvalue weighted by Gasteiger charge is 2.05. The van der Waals surface area contributed by atoms with Crippen molar-refractivity contribution in [1.29, 1.82) is 0 Å². The molecule has 0 spiro atoms. The summed E-state index contributed by atoms with van der Waals surface area (Å²) < 4.78 is 11.3. The van der Waals surface area contributed by atoms with E-state index in [0.717, 1.165) is 16.5 Å². The molecule has 0 amide bonds. The van der Waals surface area contributed by atoms with Crippen LogP contribution in [0.5, 0.6) is 11.6 Å². The molecule has 3 aromatic rings. The number of halogens is 1. The monoisotopic (exact) mass is 314 g/mol. The average Bonchev–Trinajstić information content (AvgIpc) is 2.53. The normalized spacial score (nSPS) is 10.6. The molecule has 0 saturated heterocycles. The van der Waals surface area contributed by atoms with Crippen LogP contribution in [0.4, 0.5) is 0 Å². The molecule has 0 fully saturated rings. The van der Waals surface area contributed by atoms with Gasteiger partial charge < -0.3 is 9.47 Å². The zero-order chi connectivity index (χ0) is 15.4. The Hall–Kier alpha value is -2.33. The second-order valence-electron chi connectivity index (χ2n) is 4.83. The predicted octanol–water partition coefficient (Wildman–Crippen LogP) is 4.05. The third-order valence-electron chi connectivity index (χ3n) is 3.17. The van der Waals surface area contributed by atoms with Crippen molar-refractivity contribution in [1.82, 2.24) is 9.97 Å². The molecular formula is C17H15ClN2O2. The molecule has 4 nitrogen and oxygen atoms in total. The van der Waals surface area contributed by atoms with Gasteiger partial charge in [-0.05, 0) is 36.8 Å². The topological polar surface area (TPSA) is 44.2 Å². The lowest BCUT2D eigenvalue weighted by Gasteiger charge is -2.10. The summed E-state index contributed by atoms with van der Waals surface area (Å²) in [5.41, 5.74) is 1.95. The van der Waals surface area contributed by atoms with Gasteiger partial charge >= 0.3 is 0 Å². The SMILES string of the molecule is Cc1ccc(OCCOc2ncnc3ccccc23)c(Cl)c1. The van der Waals surface area contributed by atoms with Crippen molar-refractivity contribution < 1.29 is 9.47 Å². The molecule has 0 aliphatic heterocycles. The van der Waals surface area contributed by atoms with E-state index in [9.17, 15) is 0 Å². The van der Waals surface area contributed by atoms with Crippen LogP contribution in [-0.2, 0) is 0 Å². The number of hydrogen-bond acceptors (Lipinski definition) is 4. The Labute approximate surface area is 133 Å². The summed E-state index contributed by atoms with van der Waals surface area (Å²) in [6.07, 6.45) is 1.50. The first kappa shape index (κ1) is 14.6. The fraction of sp³-hybridized carbons (Fsp3) is 0.176. The number of hydrogen-bond donors (Lipinski definition) is 0. The Balaban J connectivity index is 1.61. The predicted molar refractivity (Wildman–Crippen MR) is 86.7 cm³/mol. The van der Waals surface area contributed by atoms with Gasteiger partial charge in [0.2, 0.25) is 5.88 Å². The minimum absolute atomic E-state index is 0.380. The molecule has 2 aromatic carbocycles. The van der Waals surface area contributed by atoms with Gasteiger partial charge in [0.05, 0.1) is 15.9 Å². The third-order valence-corrected chi connectivity index (χ3v) is 3.47. The van der Waals surface area contributed by atoms with Gasteiger partial charge in [-0.3, -0.25) is 0 Å². The number of benzene rings is 2. The van der Waals surface area contributed by atoms with Crippen LogP contribution in [-0.4, -0.2) is 23.2 Å². The standard InChI is InChI=1S/C17H15ClN2O2/c1-12-6-7-16(14(18)10-12)21-8-9-22-17-13-4-2-3-5-15(13)19-11-20-17/h2-7,10-11H,8-9H2,1H3. The van der Waals surface area contributed by atoms with Crippen molar-refractivity contribution >= 4 is 22.5 Å². The van der Waals surface area contributed by atoms with Crippen LogP contribution < -0.4 is 9.47 Å². The Bertz CT molecular complexity index is 787. The van der Waals surface area contributed by atoms with E-state index in [4.69, 9.17) is 21.1 Å². The summed E-state index contributed by atoms with van der Waals surface area (Å²) >= 11 is 6.12. The summed E-state index contributed by atoms with van der Waals surface area (Å²) in [5.74, 6) is 1.22. The molecular weight excluding hydrogens is 300 g/mol. The van der Waals surface area contributed by atoms with E-state index in [1.807, 2.05) is 49.4 Å². The number of para-hydroxylation sites is 1. The van der Waals surface area contributed by atoms with E-state index >= 15 is 0 Å².